The van der Waals surface area contributed by atoms with Crippen LogP contribution in [0.5, 0.6) is 0 Å². The van der Waals surface area contributed by atoms with Crippen LogP contribution in [0.1, 0.15) is 24.8 Å². The van der Waals surface area contributed by atoms with Gasteiger partial charge in [-0.2, -0.15) is 11.8 Å². The van der Waals surface area contributed by atoms with Crippen molar-refractivity contribution in [3.8, 4) is 0 Å². The lowest BCUT2D eigenvalue weighted by Gasteiger charge is -2.19. The molecule has 1 aromatic carbocycles. The maximum absolute atomic E-state index is 12.0. The molecule has 2 rings (SSSR count). The predicted octanol–water partition coefficient (Wildman–Crippen LogP) is 2.17. The summed E-state index contributed by atoms with van der Waals surface area (Å²) in [6, 6.07) is 9.74. The molecule has 0 spiro atoms. The van der Waals surface area contributed by atoms with Crippen LogP contribution in [0.4, 0.5) is 4.79 Å². The van der Waals surface area contributed by atoms with Crippen LogP contribution < -0.4 is 10.6 Å². The first-order valence-electron chi connectivity index (χ1n) is 7.46. The third kappa shape index (κ3) is 5.25. The van der Waals surface area contributed by atoms with Gasteiger partial charge in [0.2, 0.25) is 0 Å². The molecule has 116 valence electrons. The van der Waals surface area contributed by atoms with Crippen LogP contribution in [0.25, 0.3) is 0 Å². The fraction of sp³-hybridized carbons (Fsp3) is 0.562. The molecular formula is C16H24N2O2S. The van der Waals surface area contributed by atoms with Crippen LogP contribution in [-0.4, -0.2) is 41.3 Å². The molecule has 0 bridgehead atoms. The molecule has 0 radical (unpaired) electrons. The van der Waals surface area contributed by atoms with Gasteiger partial charge in [0.05, 0.1) is 12.6 Å². The third-order valence-electron chi connectivity index (χ3n) is 3.93. The number of hydrogen-bond acceptors (Lipinski definition) is 3. The predicted molar refractivity (Wildman–Crippen MR) is 87.6 cm³/mol. The highest BCUT2D eigenvalue weighted by Crippen LogP contribution is 2.27. The maximum atomic E-state index is 12.0. The Labute approximate surface area is 130 Å². The quantitative estimate of drug-likeness (QED) is 0.755. The van der Waals surface area contributed by atoms with Gasteiger partial charge in [-0.05, 0) is 37.5 Å². The first kappa shape index (κ1) is 16.2. The first-order chi connectivity index (χ1) is 10.2. The van der Waals surface area contributed by atoms with Crippen molar-refractivity contribution in [1.29, 1.82) is 0 Å². The van der Waals surface area contributed by atoms with Gasteiger partial charge in [0.1, 0.15) is 0 Å². The Hall–Kier alpha value is -1.20. The fourth-order valence-electron chi connectivity index (χ4n) is 2.76. The number of hydrogen-bond donors (Lipinski definition) is 3. The number of thioether (sulfide) groups is 1. The van der Waals surface area contributed by atoms with Gasteiger partial charge in [-0.1, -0.05) is 30.3 Å². The summed E-state index contributed by atoms with van der Waals surface area (Å²) in [5.74, 6) is 0. The molecule has 1 aliphatic carbocycles. The summed E-state index contributed by atoms with van der Waals surface area (Å²) < 4.78 is 0. The number of aliphatic hydroxyl groups excluding tert-OH is 1. The number of carbonyl (C=O) groups is 1. The number of rotatable bonds is 6. The number of urea groups is 1. The fourth-order valence-corrected chi connectivity index (χ4v) is 3.55. The Bertz CT molecular complexity index is 441. The number of aliphatic hydroxyl groups is 1. The number of carbonyl (C=O) groups excluding carboxylic acids is 1. The number of amides is 2. The van der Waals surface area contributed by atoms with Crippen molar-refractivity contribution in [2.75, 3.05) is 12.9 Å². The first-order valence-corrected chi connectivity index (χ1v) is 8.74. The highest BCUT2D eigenvalue weighted by Gasteiger charge is 2.25. The lowest BCUT2D eigenvalue weighted by atomic mass is 10.1. The van der Waals surface area contributed by atoms with Crippen molar-refractivity contribution in [1.82, 2.24) is 10.6 Å². The van der Waals surface area contributed by atoms with Gasteiger partial charge in [-0.15, -0.1) is 0 Å². The summed E-state index contributed by atoms with van der Waals surface area (Å²) in [7, 11) is 0. The second-order valence-corrected chi connectivity index (χ2v) is 6.69. The summed E-state index contributed by atoms with van der Waals surface area (Å²) in [6.07, 6.45) is 6.01. The Kier molecular flexibility index (Phi) is 6.39. The van der Waals surface area contributed by atoms with E-state index in [2.05, 4.69) is 16.9 Å². The van der Waals surface area contributed by atoms with Crippen molar-refractivity contribution in [3.63, 3.8) is 0 Å². The molecule has 4 nitrogen and oxygen atoms in total. The third-order valence-corrected chi connectivity index (χ3v) is 5.03. The molecule has 21 heavy (non-hydrogen) atoms. The molecule has 0 aromatic heterocycles. The zero-order chi connectivity index (χ0) is 15.1. The van der Waals surface area contributed by atoms with Crippen molar-refractivity contribution in [3.05, 3.63) is 35.9 Å². The molecule has 0 saturated heterocycles. The van der Waals surface area contributed by atoms with Gasteiger partial charge in [-0.3, -0.25) is 0 Å². The molecule has 1 saturated carbocycles. The van der Waals surface area contributed by atoms with Gasteiger partial charge in [0, 0.05) is 11.3 Å². The summed E-state index contributed by atoms with van der Waals surface area (Å²) in [4.78, 5) is 12.0. The lowest BCUT2D eigenvalue weighted by molar-refractivity contribution is 0.213. The minimum Gasteiger partial charge on any atom is -0.394 e. The molecular weight excluding hydrogens is 284 g/mol. The Morgan fingerprint density at radius 1 is 1.38 bits per heavy atom. The van der Waals surface area contributed by atoms with E-state index >= 15 is 0 Å². The van der Waals surface area contributed by atoms with Crippen molar-refractivity contribution in [2.24, 2.45) is 0 Å². The SMILES string of the molecule is CS[C@@H]1CC[C@@H](NC(=O)N[C@H](CO)Cc2ccccc2)C1. The average molecular weight is 308 g/mol. The summed E-state index contributed by atoms with van der Waals surface area (Å²) in [5.41, 5.74) is 1.11. The van der Waals surface area contributed by atoms with Gasteiger partial charge in [0.15, 0.2) is 0 Å². The maximum Gasteiger partial charge on any atom is 0.315 e. The lowest BCUT2D eigenvalue weighted by Crippen LogP contribution is -2.47. The van der Waals surface area contributed by atoms with Gasteiger partial charge in [0.25, 0.3) is 0 Å². The van der Waals surface area contributed by atoms with Crippen molar-refractivity contribution in [2.45, 2.75) is 43.0 Å². The minimum absolute atomic E-state index is 0.0551. The van der Waals surface area contributed by atoms with Crippen LogP contribution >= 0.6 is 11.8 Å². The van der Waals surface area contributed by atoms with Crippen LogP contribution in [0.2, 0.25) is 0 Å². The molecule has 1 aliphatic rings. The molecule has 1 fully saturated rings. The molecule has 0 unspecified atom stereocenters. The van der Waals surface area contributed by atoms with Crippen LogP contribution in [0, 0.1) is 0 Å². The summed E-state index contributed by atoms with van der Waals surface area (Å²) >= 11 is 1.87. The van der Waals surface area contributed by atoms with Crippen LogP contribution in [0.15, 0.2) is 30.3 Å². The topological polar surface area (TPSA) is 61.4 Å². The monoisotopic (exact) mass is 308 g/mol. The van der Waals surface area contributed by atoms with E-state index in [9.17, 15) is 9.90 Å². The second-order valence-electron chi connectivity index (χ2n) is 5.55. The Morgan fingerprint density at radius 3 is 2.76 bits per heavy atom. The zero-order valence-electron chi connectivity index (χ0n) is 12.4. The summed E-state index contributed by atoms with van der Waals surface area (Å²) in [6.45, 7) is -0.0551. The summed E-state index contributed by atoms with van der Waals surface area (Å²) in [5, 5.41) is 16.0. The van der Waals surface area contributed by atoms with E-state index in [4.69, 9.17) is 0 Å². The van der Waals surface area contributed by atoms with Crippen molar-refractivity contribution >= 4 is 17.8 Å². The highest BCUT2D eigenvalue weighted by atomic mass is 32.2. The largest absolute Gasteiger partial charge is 0.394 e. The Balaban J connectivity index is 1.77. The average Bonchev–Trinajstić information content (AvgIpc) is 2.95. The second kappa shape index (κ2) is 8.29. The molecule has 1 aromatic rings. The molecule has 3 N–H and O–H groups in total. The zero-order valence-corrected chi connectivity index (χ0v) is 13.2. The van der Waals surface area contributed by atoms with E-state index in [1.807, 2.05) is 42.1 Å². The van der Waals surface area contributed by atoms with E-state index in [1.165, 1.54) is 6.42 Å². The van der Waals surface area contributed by atoms with E-state index in [1.54, 1.807) is 0 Å². The molecule has 5 heteroatoms. The standard InChI is InChI=1S/C16H24N2O2S/c1-21-15-8-7-13(10-15)17-16(20)18-14(11-19)9-12-5-3-2-4-6-12/h2-6,13-15,19H,7-11H2,1H3,(H2,17,18,20)/t13-,14+,15-/m1/s1. The van der Waals surface area contributed by atoms with Gasteiger partial charge in [-0.25, -0.2) is 4.79 Å². The molecule has 3 atom stereocenters. The van der Waals surface area contributed by atoms with E-state index in [0.29, 0.717) is 11.7 Å². The van der Waals surface area contributed by atoms with E-state index < -0.39 is 0 Å². The normalized spacial score (nSPS) is 22.8. The van der Waals surface area contributed by atoms with Crippen LogP contribution in [0.3, 0.4) is 0 Å². The van der Waals surface area contributed by atoms with Crippen LogP contribution in [-0.2, 0) is 6.42 Å². The molecule has 0 heterocycles. The highest BCUT2D eigenvalue weighted by molar-refractivity contribution is 7.99. The molecule has 0 aliphatic heterocycles. The minimum atomic E-state index is -0.245. The molecule has 2 amide bonds. The van der Waals surface area contributed by atoms with E-state index in [0.717, 1.165) is 18.4 Å². The van der Waals surface area contributed by atoms with E-state index in [-0.39, 0.29) is 24.7 Å². The number of benzene rings is 1. The van der Waals surface area contributed by atoms with Gasteiger partial charge >= 0.3 is 6.03 Å². The van der Waals surface area contributed by atoms with Gasteiger partial charge < -0.3 is 15.7 Å². The van der Waals surface area contributed by atoms with Crippen molar-refractivity contribution < 1.29 is 9.90 Å². The Morgan fingerprint density at radius 2 is 2.14 bits per heavy atom. The smallest absolute Gasteiger partial charge is 0.315 e. The number of nitrogens with one attached hydrogen (secondary N) is 2.